The Morgan fingerprint density at radius 3 is 2.31 bits per heavy atom. The molecule has 4 aromatic rings. The van der Waals surface area contributed by atoms with Gasteiger partial charge >= 0.3 is 0 Å². The Morgan fingerprint density at radius 2 is 1.52 bits per heavy atom. The van der Waals surface area contributed by atoms with E-state index in [4.69, 9.17) is 4.74 Å². The highest BCUT2D eigenvalue weighted by atomic mass is 16.5. The molecule has 0 radical (unpaired) electrons. The molecule has 4 aromatic carbocycles. The normalized spacial score (nSPS) is 23.2. The lowest BCUT2D eigenvalue weighted by atomic mass is 9.62. The fourth-order valence-corrected chi connectivity index (χ4v) is 7.06. The van der Waals surface area contributed by atoms with Crippen molar-refractivity contribution in [1.82, 2.24) is 4.90 Å². The number of ketones is 2. The monoisotopic (exact) mass is 554 g/mol. The van der Waals surface area contributed by atoms with Crippen molar-refractivity contribution in [2.75, 3.05) is 11.9 Å². The quantitative estimate of drug-likeness (QED) is 0.266. The lowest BCUT2D eigenvalue weighted by molar-refractivity contribution is -0.122. The predicted molar refractivity (Wildman–Crippen MR) is 161 cm³/mol. The first-order chi connectivity index (χ1) is 20.6. The van der Waals surface area contributed by atoms with E-state index in [2.05, 4.69) is 5.32 Å². The molecule has 0 bridgehead atoms. The van der Waals surface area contributed by atoms with Crippen molar-refractivity contribution in [2.24, 2.45) is 5.92 Å². The van der Waals surface area contributed by atoms with Gasteiger partial charge in [0, 0.05) is 23.0 Å². The summed E-state index contributed by atoms with van der Waals surface area (Å²) in [6.45, 7) is 2.61. The number of Topliss-reactive ketones (excluding diaryl/α,β-unsaturated/α-hetero) is 2. The zero-order valence-corrected chi connectivity index (χ0v) is 23.2. The van der Waals surface area contributed by atoms with Crippen LogP contribution >= 0.6 is 0 Å². The highest BCUT2D eigenvalue weighted by Gasteiger charge is 2.70. The van der Waals surface area contributed by atoms with Gasteiger partial charge in [-0.15, -0.1) is 0 Å². The van der Waals surface area contributed by atoms with E-state index < -0.39 is 23.4 Å². The second kappa shape index (κ2) is 10.1. The number of hydrogen-bond donors (Lipinski definition) is 1. The largest absolute Gasteiger partial charge is 0.494 e. The summed E-state index contributed by atoms with van der Waals surface area (Å²) in [6, 6.07) is 30.1. The van der Waals surface area contributed by atoms with Crippen molar-refractivity contribution >= 4 is 29.2 Å². The number of carbonyl (C=O) groups excluding carboxylic acids is 3. The Kier molecular flexibility index (Phi) is 6.27. The van der Waals surface area contributed by atoms with Crippen LogP contribution in [-0.4, -0.2) is 35.0 Å². The molecule has 1 saturated heterocycles. The zero-order chi connectivity index (χ0) is 28.8. The molecule has 1 spiro atoms. The molecule has 0 aliphatic carbocycles. The van der Waals surface area contributed by atoms with Gasteiger partial charge in [-0.05, 0) is 59.5 Å². The molecule has 0 aromatic heterocycles. The third-order valence-electron chi connectivity index (χ3n) is 8.79. The van der Waals surface area contributed by atoms with E-state index in [0.29, 0.717) is 29.2 Å². The maximum Gasteiger partial charge on any atom is 0.238 e. The van der Waals surface area contributed by atoms with Gasteiger partial charge in [-0.2, -0.15) is 0 Å². The highest BCUT2D eigenvalue weighted by molar-refractivity contribution is 6.16. The first-order valence-electron chi connectivity index (χ1n) is 14.4. The third-order valence-corrected chi connectivity index (χ3v) is 8.79. The number of nitrogens with one attached hydrogen (secondary N) is 1. The average Bonchev–Trinajstić information content (AvgIpc) is 3.52. The van der Waals surface area contributed by atoms with Crippen molar-refractivity contribution in [2.45, 2.75) is 30.8 Å². The maximum atomic E-state index is 14.9. The SMILES string of the molecule is CCCOc1ccc(C(=O)[C@@H]2[C@@H](C(=O)c3ccccc3)N3C=Cc4ccccc4[C@@H]3[C@]23C(=O)Nc2ccccc23)cc1. The number of ether oxygens (including phenoxy) is 1. The maximum absolute atomic E-state index is 14.9. The van der Waals surface area contributed by atoms with Crippen LogP contribution in [0, 0.1) is 5.92 Å². The van der Waals surface area contributed by atoms with E-state index >= 15 is 0 Å². The molecular weight excluding hydrogens is 524 g/mol. The molecule has 3 heterocycles. The third kappa shape index (κ3) is 3.75. The number of hydrogen-bond acceptors (Lipinski definition) is 5. The van der Waals surface area contributed by atoms with Gasteiger partial charge in [0.25, 0.3) is 0 Å². The van der Waals surface area contributed by atoms with Gasteiger partial charge in [-0.25, -0.2) is 0 Å². The van der Waals surface area contributed by atoms with Crippen molar-refractivity contribution in [3.63, 3.8) is 0 Å². The number of para-hydroxylation sites is 1. The summed E-state index contributed by atoms with van der Waals surface area (Å²) in [5.74, 6) is -1.05. The first-order valence-corrected chi connectivity index (χ1v) is 14.4. The number of nitrogens with zero attached hydrogens (tertiary/aromatic N) is 1. The van der Waals surface area contributed by atoms with Crippen molar-refractivity contribution in [1.29, 1.82) is 0 Å². The smallest absolute Gasteiger partial charge is 0.238 e. The van der Waals surface area contributed by atoms with Gasteiger partial charge in [0.2, 0.25) is 5.91 Å². The Balaban J connectivity index is 1.47. The number of benzene rings is 4. The highest BCUT2D eigenvalue weighted by Crippen LogP contribution is 2.62. The van der Waals surface area contributed by atoms with Gasteiger partial charge in [0.05, 0.1) is 18.6 Å². The summed E-state index contributed by atoms with van der Waals surface area (Å²) < 4.78 is 5.76. The summed E-state index contributed by atoms with van der Waals surface area (Å²) in [5.41, 5.74) is 2.87. The molecule has 3 aliphatic rings. The fourth-order valence-electron chi connectivity index (χ4n) is 7.06. The van der Waals surface area contributed by atoms with Gasteiger partial charge in [0.15, 0.2) is 11.6 Å². The Bertz CT molecular complexity index is 1730. The summed E-state index contributed by atoms with van der Waals surface area (Å²) in [5, 5.41) is 3.09. The van der Waals surface area contributed by atoms with Crippen LogP contribution in [0.25, 0.3) is 6.08 Å². The van der Waals surface area contributed by atoms with E-state index in [9.17, 15) is 14.4 Å². The number of fused-ring (bicyclic) bond motifs is 6. The minimum absolute atomic E-state index is 0.195. The predicted octanol–water partition coefficient (Wildman–Crippen LogP) is 6.46. The number of amides is 1. The molecule has 208 valence electrons. The standard InChI is InChI=1S/C36H30N2O4/c1-2-22-42-26-18-16-25(17-19-26)32(39)30-31(33(40)24-11-4-3-5-12-24)38-21-20-23-10-6-7-13-27(23)34(38)36(30)28-14-8-9-15-29(28)37-35(36)41/h3-21,30-31,34H,2,22H2,1H3,(H,37,41)/t30-,31-,34+,36+/m0/s1. The molecule has 3 aliphatic heterocycles. The molecule has 42 heavy (non-hydrogen) atoms. The lowest BCUT2D eigenvalue weighted by Crippen LogP contribution is -2.49. The number of rotatable bonds is 7. The van der Waals surface area contributed by atoms with Gasteiger partial charge in [-0.3, -0.25) is 14.4 Å². The van der Waals surface area contributed by atoms with Crippen LogP contribution in [0.5, 0.6) is 5.75 Å². The molecule has 7 rings (SSSR count). The van der Waals surface area contributed by atoms with E-state index in [1.807, 2.05) is 90.8 Å². The second-order valence-corrected chi connectivity index (χ2v) is 11.1. The number of carbonyl (C=O) groups is 3. The van der Waals surface area contributed by atoms with Gasteiger partial charge in [0.1, 0.15) is 17.2 Å². The summed E-state index contributed by atoms with van der Waals surface area (Å²) in [4.78, 5) is 45.8. The fraction of sp³-hybridized carbons (Fsp3) is 0.194. The second-order valence-electron chi connectivity index (χ2n) is 11.1. The van der Waals surface area contributed by atoms with Crippen LogP contribution in [0.3, 0.4) is 0 Å². The van der Waals surface area contributed by atoms with Crippen molar-refractivity contribution in [3.05, 3.63) is 137 Å². The molecule has 1 fully saturated rings. The minimum atomic E-state index is -1.35. The van der Waals surface area contributed by atoms with E-state index in [-0.39, 0.29) is 17.5 Å². The molecule has 1 amide bonds. The van der Waals surface area contributed by atoms with Crippen LogP contribution in [-0.2, 0) is 10.2 Å². The van der Waals surface area contributed by atoms with Gasteiger partial charge < -0.3 is 15.0 Å². The zero-order valence-electron chi connectivity index (χ0n) is 23.2. The van der Waals surface area contributed by atoms with Crippen LogP contribution in [0.4, 0.5) is 5.69 Å². The van der Waals surface area contributed by atoms with Crippen LogP contribution < -0.4 is 10.1 Å². The average molecular weight is 555 g/mol. The Hall–Kier alpha value is -4.97. The Labute approximate surface area is 244 Å². The summed E-state index contributed by atoms with van der Waals surface area (Å²) in [6.07, 6.45) is 4.73. The van der Waals surface area contributed by atoms with E-state index in [0.717, 1.165) is 23.1 Å². The van der Waals surface area contributed by atoms with Crippen molar-refractivity contribution in [3.8, 4) is 5.75 Å². The van der Waals surface area contributed by atoms with E-state index in [1.165, 1.54) is 0 Å². The molecule has 6 heteroatoms. The van der Waals surface area contributed by atoms with Crippen molar-refractivity contribution < 1.29 is 19.1 Å². The first kappa shape index (κ1) is 26.0. The van der Waals surface area contributed by atoms with Gasteiger partial charge in [-0.1, -0.05) is 79.7 Å². The molecule has 4 atom stereocenters. The van der Waals surface area contributed by atoms with Crippen LogP contribution in [0.15, 0.2) is 109 Å². The minimum Gasteiger partial charge on any atom is -0.494 e. The molecular formula is C36H30N2O4. The number of anilines is 1. The van der Waals surface area contributed by atoms with Crippen LogP contribution in [0.1, 0.15) is 56.8 Å². The lowest BCUT2D eigenvalue weighted by Gasteiger charge is -2.38. The van der Waals surface area contributed by atoms with Crippen LogP contribution in [0.2, 0.25) is 0 Å². The Morgan fingerprint density at radius 1 is 0.833 bits per heavy atom. The summed E-state index contributed by atoms with van der Waals surface area (Å²) >= 11 is 0. The topological polar surface area (TPSA) is 75.7 Å². The molecule has 6 nitrogen and oxygen atoms in total. The molecule has 1 N–H and O–H groups in total. The molecule has 0 saturated carbocycles. The molecule has 0 unspecified atom stereocenters. The van der Waals surface area contributed by atoms with E-state index in [1.54, 1.807) is 36.4 Å². The summed E-state index contributed by atoms with van der Waals surface area (Å²) in [7, 11) is 0.